The van der Waals surface area contributed by atoms with E-state index < -0.39 is 0 Å². The average Bonchev–Trinajstić information content (AvgIpc) is 2.69. The van der Waals surface area contributed by atoms with E-state index in [2.05, 4.69) is 13.8 Å². The van der Waals surface area contributed by atoms with Crippen molar-refractivity contribution in [2.75, 3.05) is 0 Å². The van der Waals surface area contributed by atoms with Gasteiger partial charge in [0, 0.05) is 0 Å². The van der Waals surface area contributed by atoms with Gasteiger partial charge in [0.15, 0.2) is 0 Å². The molecule has 86 valence electrons. The number of hydrogen-bond donors (Lipinski definition) is 0. The highest BCUT2D eigenvalue weighted by Crippen LogP contribution is 2.37. The second-order valence-electron chi connectivity index (χ2n) is 5.77. The maximum atomic E-state index is 2.46. The zero-order valence-electron chi connectivity index (χ0n) is 10.5. The number of hydrogen-bond acceptors (Lipinski definition) is 0. The Kier molecular flexibility index (Phi) is 3.88. The highest BCUT2D eigenvalue weighted by molar-refractivity contribution is 5.18. The summed E-state index contributed by atoms with van der Waals surface area (Å²) in [7, 11) is 0. The first-order valence-electron chi connectivity index (χ1n) is 6.99. The maximum Gasteiger partial charge on any atom is -0.0292 e. The van der Waals surface area contributed by atoms with Crippen molar-refractivity contribution in [1.29, 1.82) is 0 Å². The van der Waals surface area contributed by atoms with Gasteiger partial charge in [-0.25, -0.2) is 0 Å². The van der Waals surface area contributed by atoms with Gasteiger partial charge in [0.05, 0.1) is 0 Å². The highest BCUT2D eigenvalue weighted by Gasteiger charge is 2.21. The molecule has 2 rings (SSSR count). The quantitative estimate of drug-likeness (QED) is 0.414. The molecule has 0 aromatic heterocycles. The molecule has 0 amide bonds. The lowest BCUT2D eigenvalue weighted by molar-refractivity contribution is 0.387. The van der Waals surface area contributed by atoms with Gasteiger partial charge in [0.25, 0.3) is 0 Å². The van der Waals surface area contributed by atoms with Gasteiger partial charge < -0.3 is 0 Å². The fourth-order valence-corrected chi connectivity index (χ4v) is 3.52. The van der Waals surface area contributed by atoms with Crippen LogP contribution in [-0.4, -0.2) is 0 Å². The van der Waals surface area contributed by atoms with Crippen LogP contribution in [0.25, 0.3) is 0 Å². The maximum absolute atomic E-state index is 2.46. The molecular weight excluding hydrogens is 180 g/mol. The molecule has 0 bridgehead atoms. The molecule has 0 N–H and O–H groups in total. The molecule has 15 heavy (non-hydrogen) atoms. The van der Waals surface area contributed by atoms with Crippen LogP contribution >= 0.6 is 0 Å². The summed E-state index contributed by atoms with van der Waals surface area (Å²) in [6.07, 6.45) is 13.0. The third-order valence-electron chi connectivity index (χ3n) is 4.47. The summed E-state index contributed by atoms with van der Waals surface area (Å²) in [6, 6.07) is 0. The first-order chi connectivity index (χ1) is 7.29. The molecule has 2 saturated carbocycles. The second-order valence-corrected chi connectivity index (χ2v) is 5.77. The van der Waals surface area contributed by atoms with Gasteiger partial charge in [0.2, 0.25) is 0 Å². The van der Waals surface area contributed by atoms with Crippen LogP contribution in [0.1, 0.15) is 71.6 Å². The Labute approximate surface area is 95.1 Å². The second kappa shape index (κ2) is 5.18. The van der Waals surface area contributed by atoms with Crippen molar-refractivity contribution in [3.8, 4) is 0 Å². The zero-order chi connectivity index (χ0) is 10.7. The molecule has 2 aliphatic rings. The largest absolute Gasteiger partial charge is 0.0710 e. The Bertz CT molecular complexity index is 228. The van der Waals surface area contributed by atoms with E-state index >= 15 is 0 Å². The lowest BCUT2D eigenvalue weighted by Gasteiger charge is -2.13. The Morgan fingerprint density at radius 2 is 1.80 bits per heavy atom. The van der Waals surface area contributed by atoms with E-state index in [1.165, 1.54) is 57.8 Å². The molecule has 0 spiro atoms. The molecule has 0 aromatic carbocycles. The van der Waals surface area contributed by atoms with Crippen molar-refractivity contribution in [1.82, 2.24) is 0 Å². The van der Waals surface area contributed by atoms with Crippen LogP contribution in [0.15, 0.2) is 11.1 Å². The van der Waals surface area contributed by atoms with E-state index in [0.29, 0.717) is 0 Å². The van der Waals surface area contributed by atoms with E-state index in [-0.39, 0.29) is 0 Å². The molecule has 0 heterocycles. The normalized spacial score (nSPS) is 33.2. The summed E-state index contributed by atoms with van der Waals surface area (Å²) >= 11 is 0. The molecule has 0 aliphatic heterocycles. The van der Waals surface area contributed by atoms with E-state index in [9.17, 15) is 0 Å². The minimum atomic E-state index is 0.945. The Morgan fingerprint density at radius 1 is 1.07 bits per heavy atom. The molecule has 0 heteroatoms. The highest BCUT2D eigenvalue weighted by atomic mass is 14.3. The summed E-state index contributed by atoms with van der Waals surface area (Å²) in [6.45, 7) is 4.83. The third kappa shape index (κ3) is 2.86. The lowest BCUT2D eigenvalue weighted by atomic mass is 9.92. The van der Waals surface area contributed by atoms with Crippen LogP contribution in [0, 0.1) is 11.8 Å². The summed E-state index contributed by atoms with van der Waals surface area (Å²) in [5.41, 5.74) is 3.73. The minimum Gasteiger partial charge on any atom is -0.0710 e. The minimum absolute atomic E-state index is 0.945. The predicted octanol–water partition coefficient (Wildman–Crippen LogP) is 5.09. The van der Waals surface area contributed by atoms with Crippen molar-refractivity contribution in [3.05, 3.63) is 11.1 Å². The van der Waals surface area contributed by atoms with E-state index in [1.54, 1.807) is 0 Å². The van der Waals surface area contributed by atoms with Gasteiger partial charge in [-0.05, 0) is 63.2 Å². The van der Waals surface area contributed by atoms with E-state index in [1.807, 2.05) is 11.1 Å². The number of allylic oxidation sites excluding steroid dienone is 2. The van der Waals surface area contributed by atoms with Crippen LogP contribution in [-0.2, 0) is 0 Å². The van der Waals surface area contributed by atoms with Crippen molar-refractivity contribution in [3.63, 3.8) is 0 Å². The molecule has 0 aromatic rings. The van der Waals surface area contributed by atoms with Crippen molar-refractivity contribution < 1.29 is 0 Å². The van der Waals surface area contributed by atoms with Gasteiger partial charge in [-0.2, -0.15) is 0 Å². The van der Waals surface area contributed by atoms with Gasteiger partial charge in [-0.3, -0.25) is 0 Å². The fraction of sp³-hybridized carbons (Fsp3) is 0.867. The predicted molar refractivity (Wildman–Crippen MR) is 66.9 cm³/mol. The summed E-state index contributed by atoms with van der Waals surface area (Å²) < 4.78 is 0. The lowest BCUT2D eigenvalue weighted by Crippen LogP contribution is -2.01. The van der Waals surface area contributed by atoms with Crippen LogP contribution in [0.5, 0.6) is 0 Å². The molecule has 2 atom stereocenters. The topological polar surface area (TPSA) is 0 Å². The standard InChI is InChI=1S/C15H26/c1-3-13-8-9-15(11-12(2)10-13)14-6-4-5-7-14/h12-13H,3-11H2,1-2H3. The fourth-order valence-electron chi connectivity index (χ4n) is 3.52. The first kappa shape index (κ1) is 11.2. The van der Waals surface area contributed by atoms with E-state index in [4.69, 9.17) is 0 Å². The molecule has 0 saturated heterocycles. The van der Waals surface area contributed by atoms with Crippen molar-refractivity contribution in [2.24, 2.45) is 11.8 Å². The molecule has 0 radical (unpaired) electrons. The van der Waals surface area contributed by atoms with Crippen LogP contribution < -0.4 is 0 Å². The molecule has 0 nitrogen and oxygen atoms in total. The molecule has 2 unspecified atom stereocenters. The smallest absolute Gasteiger partial charge is 0.0292 e. The Hall–Kier alpha value is -0.260. The number of rotatable bonds is 1. The first-order valence-corrected chi connectivity index (χ1v) is 6.99. The SMILES string of the molecule is CCC1CCC(=C2CCCC2)CC(C)C1. The summed E-state index contributed by atoms with van der Waals surface area (Å²) in [4.78, 5) is 0. The van der Waals surface area contributed by atoms with Gasteiger partial charge in [-0.15, -0.1) is 0 Å². The van der Waals surface area contributed by atoms with E-state index in [0.717, 1.165) is 11.8 Å². The third-order valence-corrected chi connectivity index (χ3v) is 4.47. The summed E-state index contributed by atoms with van der Waals surface area (Å²) in [5.74, 6) is 1.96. The van der Waals surface area contributed by atoms with Crippen LogP contribution in [0.3, 0.4) is 0 Å². The summed E-state index contributed by atoms with van der Waals surface area (Å²) in [5, 5.41) is 0. The van der Waals surface area contributed by atoms with Gasteiger partial charge in [-0.1, -0.05) is 31.4 Å². The average molecular weight is 206 g/mol. The Morgan fingerprint density at radius 3 is 2.47 bits per heavy atom. The van der Waals surface area contributed by atoms with Crippen molar-refractivity contribution >= 4 is 0 Å². The van der Waals surface area contributed by atoms with Gasteiger partial charge in [0.1, 0.15) is 0 Å². The van der Waals surface area contributed by atoms with Crippen LogP contribution in [0.4, 0.5) is 0 Å². The zero-order valence-corrected chi connectivity index (χ0v) is 10.5. The molecule has 2 fully saturated rings. The van der Waals surface area contributed by atoms with Crippen LogP contribution in [0.2, 0.25) is 0 Å². The monoisotopic (exact) mass is 206 g/mol. The molecular formula is C15H26. The Balaban J connectivity index is 2.05. The van der Waals surface area contributed by atoms with Crippen molar-refractivity contribution in [2.45, 2.75) is 71.6 Å². The van der Waals surface area contributed by atoms with Gasteiger partial charge >= 0.3 is 0 Å². The molecule has 2 aliphatic carbocycles.